The molecular formula is C18H25ClN4O2. The molecule has 3 rings (SSSR count). The molecule has 2 saturated heterocycles. The summed E-state index contributed by atoms with van der Waals surface area (Å²) in [4.78, 5) is 28.2. The van der Waals surface area contributed by atoms with Crippen molar-refractivity contribution in [2.45, 2.75) is 18.9 Å². The van der Waals surface area contributed by atoms with Gasteiger partial charge in [0.2, 0.25) is 11.8 Å². The Hall–Kier alpha value is -1.63. The Morgan fingerprint density at radius 3 is 2.92 bits per heavy atom. The fourth-order valence-corrected chi connectivity index (χ4v) is 3.89. The van der Waals surface area contributed by atoms with Crippen molar-refractivity contribution in [2.24, 2.45) is 11.7 Å². The van der Waals surface area contributed by atoms with Crippen LogP contribution in [0.1, 0.15) is 24.4 Å². The number of carbonyl (C=O) groups is 2. The number of primary amides is 1. The van der Waals surface area contributed by atoms with Crippen LogP contribution in [0.5, 0.6) is 0 Å². The minimum absolute atomic E-state index is 0.0693. The van der Waals surface area contributed by atoms with E-state index in [-0.39, 0.29) is 23.8 Å². The molecule has 0 radical (unpaired) electrons. The summed E-state index contributed by atoms with van der Waals surface area (Å²) in [6.07, 6.45) is 1.61. The van der Waals surface area contributed by atoms with Crippen molar-refractivity contribution < 1.29 is 9.59 Å². The van der Waals surface area contributed by atoms with Crippen LogP contribution in [0.25, 0.3) is 0 Å². The molecule has 25 heavy (non-hydrogen) atoms. The number of nitrogens with two attached hydrogens (primary N) is 1. The lowest BCUT2D eigenvalue weighted by Crippen LogP contribution is -2.52. The third-order valence-corrected chi connectivity index (χ3v) is 5.34. The number of benzene rings is 1. The van der Waals surface area contributed by atoms with Crippen LogP contribution in [-0.2, 0) is 9.59 Å². The summed E-state index contributed by atoms with van der Waals surface area (Å²) in [7, 11) is 0. The van der Waals surface area contributed by atoms with E-state index in [0.717, 1.165) is 38.0 Å². The van der Waals surface area contributed by atoms with E-state index in [1.165, 1.54) is 0 Å². The molecule has 0 saturated carbocycles. The molecule has 0 spiro atoms. The number of hydrogen-bond donors (Lipinski definition) is 2. The van der Waals surface area contributed by atoms with Gasteiger partial charge in [0.05, 0.1) is 12.5 Å². The summed E-state index contributed by atoms with van der Waals surface area (Å²) < 4.78 is 0. The van der Waals surface area contributed by atoms with Crippen molar-refractivity contribution in [1.82, 2.24) is 15.1 Å². The summed E-state index contributed by atoms with van der Waals surface area (Å²) in [5, 5.41) is 4.09. The Kier molecular flexibility index (Phi) is 5.93. The molecule has 136 valence electrons. The lowest BCUT2D eigenvalue weighted by molar-refractivity contribution is -0.136. The average molecular weight is 365 g/mol. The van der Waals surface area contributed by atoms with Crippen LogP contribution in [0.4, 0.5) is 0 Å². The summed E-state index contributed by atoms with van der Waals surface area (Å²) >= 11 is 6.13. The number of hydrogen-bond acceptors (Lipinski definition) is 4. The zero-order valence-electron chi connectivity index (χ0n) is 14.3. The van der Waals surface area contributed by atoms with Crippen LogP contribution in [0.2, 0.25) is 5.02 Å². The number of nitrogens with one attached hydrogen (secondary N) is 1. The van der Waals surface area contributed by atoms with Gasteiger partial charge in [-0.3, -0.25) is 14.5 Å². The molecule has 7 heteroatoms. The van der Waals surface area contributed by atoms with Crippen molar-refractivity contribution in [1.29, 1.82) is 0 Å². The Morgan fingerprint density at radius 1 is 1.32 bits per heavy atom. The highest BCUT2D eigenvalue weighted by Crippen LogP contribution is 2.25. The number of rotatable bonds is 4. The summed E-state index contributed by atoms with van der Waals surface area (Å²) in [6, 6.07) is 7.92. The first kappa shape index (κ1) is 18.2. The molecule has 1 aromatic carbocycles. The fourth-order valence-electron chi connectivity index (χ4n) is 3.69. The number of halogens is 1. The highest BCUT2D eigenvalue weighted by molar-refractivity contribution is 6.30. The first-order valence-electron chi connectivity index (χ1n) is 8.82. The molecule has 0 aromatic heterocycles. The molecule has 0 bridgehead atoms. The van der Waals surface area contributed by atoms with Crippen molar-refractivity contribution >= 4 is 23.4 Å². The summed E-state index contributed by atoms with van der Waals surface area (Å²) in [5.41, 5.74) is 6.53. The normalized spacial score (nSPS) is 24.9. The van der Waals surface area contributed by atoms with Gasteiger partial charge in [0.1, 0.15) is 0 Å². The zero-order valence-corrected chi connectivity index (χ0v) is 15.0. The van der Waals surface area contributed by atoms with Gasteiger partial charge in [0.15, 0.2) is 0 Å². The highest BCUT2D eigenvalue weighted by Gasteiger charge is 2.30. The SMILES string of the molecule is NC(=O)C1CCCN(C(=O)CN2CCNCC2c2cccc(Cl)c2)C1. The van der Waals surface area contributed by atoms with Crippen LogP contribution in [0.15, 0.2) is 24.3 Å². The molecule has 2 fully saturated rings. The van der Waals surface area contributed by atoms with E-state index in [1.54, 1.807) is 4.90 Å². The second kappa shape index (κ2) is 8.17. The molecule has 2 aliphatic heterocycles. The van der Waals surface area contributed by atoms with Gasteiger partial charge in [-0.25, -0.2) is 0 Å². The topological polar surface area (TPSA) is 78.7 Å². The van der Waals surface area contributed by atoms with Crippen LogP contribution in [0, 0.1) is 5.92 Å². The van der Waals surface area contributed by atoms with E-state index in [4.69, 9.17) is 17.3 Å². The second-order valence-electron chi connectivity index (χ2n) is 6.83. The molecule has 3 N–H and O–H groups in total. The van der Waals surface area contributed by atoms with E-state index >= 15 is 0 Å². The Labute approximate surface area is 153 Å². The van der Waals surface area contributed by atoms with Gasteiger partial charge in [-0.15, -0.1) is 0 Å². The standard InChI is InChI=1S/C18H25ClN4O2/c19-15-5-1-3-13(9-15)16-10-21-6-8-22(16)12-17(24)23-7-2-4-14(11-23)18(20)25/h1,3,5,9,14,16,21H,2,4,6-8,10-12H2,(H2,20,25). The number of likely N-dealkylation sites (tertiary alicyclic amines) is 1. The van der Waals surface area contributed by atoms with Gasteiger partial charge in [-0.2, -0.15) is 0 Å². The predicted octanol–water partition coefficient (Wildman–Crippen LogP) is 1.01. The fraction of sp³-hybridized carbons (Fsp3) is 0.556. The molecule has 0 aliphatic carbocycles. The maximum atomic E-state index is 12.8. The Morgan fingerprint density at radius 2 is 2.16 bits per heavy atom. The number of piperazine rings is 1. The first-order chi connectivity index (χ1) is 12.0. The van der Waals surface area contributed by atoms with Gasteiger partial charge in [-0.05, 0) is 30.5 Å². The maximum Gasteiger partial charge on any atom is 0.236 e. The van der Waals surface area contributed by atoms with Crippen LogP contribution in [0.3, 0.4) is 0 Å². The molecule has 6 nitrogen and oxygen atoms in total. The third-order valence-electron chi connectivity index (χ3n) is 5.10. The molecule has 1 aromatic rings. The third kappa shape index (κ3) is 4.51. The molecule has 2 atom stereocenters. The van der Waals surface area contributed by atoms with E-state index < -0.39 is 0 Å². The quantitative estimate of drug-likeness (QED) is 0.835. The summed E-state index contributed by atoms with van der Waals surface area (Å²) in [5.74, 6) is -0.458. The lowest BCUT2D eigenvalue weighted by Gasteiger charge is -2.38. The van der Waals surface area contributed by atoms with Crippen molar-refractivity contribution in [3.05, 3.63) is 34.9 Å². The maximum absolute atomic E-state index is 12.8. The van der Waals surface area contributed by atoms with Crippen LogP contribution in [-0.4, -0.2) is 60.9 Å². The molecule has 2 heterocycles. The zero-order chi connectivity index (χ0) is 17.8. The monoisotopic (exact) mass is 364 g/mol. The van der Waals surface area contributed by atoms with Crippen LogP contribution >= 0.6 is 11.6 Å². The molecule has 2 aliphatic rings. The molecule has 2 unspecified atom stereocenters. The number of nitrogens with zero attached hydrogens (tertiary/aromatic N) is 2. The second-order valence-corrected chi connectivity index (χ2v) is 7.26. The Balaban J connectivity index is 1.67. The minimum Gasteiger partial charge on any atom is -0.369 e. The predicted molar refractivity (Wildman–Crippen MR) is 97.1 cm³/mol. The first-order valence-corrected chi connectivity index (χ1v) is 9.19. The van der Waals surface area contributed by atoms with Crippen molar-refractivity contribution in [3.8, 4) is 0 Å². The molecular weight excluding hydrogens is 340 g/mol. The van der Waals surface area contributed by atoms with Gasteiger partial charge in [0, 0.05) is 43.8 Å². The minimum atomic E-state index is -0.309. The average Bonchev–Trinajstić information content (AvgIpc) is 2.62. The van der Waals surface area contributed by atoms with Crippen molar-refractivity contribution in [3.63, 3.8) is 0 Å². The van der Waals surface area contributed by atoms with Gasteiger partial charge in [-0.1, -0.05) is 23.7 Å². The largest absolute Gasteiger partial charge is 0.369 e. The Bertz CT molecular complexity index is 639. The number of piperidine rings is 1. The smallest absolute Gasteiger partial charge is 0.236 e. The van der Waals surface area contributed by atoms with Gasteiger partial charge < -0.3 is 16.0 Å². The lowest BCUT2D eigenvalue weighted by atomic mass is 9.97. The van der Waals surface area contributed by atoms with E-state index in [1.807, 2.05) is 24.3 Å². The number of carbonyl (C=O) groups excluding carboxylic acids is 2. The molecule has 2 amide bonds. The number of amides is 2. The highest BCUT2D eigenvalue weighted by atomic mass is 35.5. The van der Waals surface area contributed by atoms with E-state index in [0.29, 0.717) is 24.7 Å². The summed E-state index contributed by atoms with van der Waals surface area (Å²) in [6.45, 7) is 3.95. The van der Waals surface area contributed by atoms with Gasteiger partial charge in [0.25, 0.3) is 0 Å². The van der Waals surface area contributed by atoms with E-state index in [2.05, 4.69) is 10.2 Å². The van der Waals surface area contributed by atoms with E-state index in [9.17, 15) is 9.59 Å². The van der Waals surface area contributed by atoms with Crippen molar-refractivity contribution in [2.75, 3.05) is 39.3 Å². The van der Waals surface area contributed by atoms with Gasteiger partial charge >= 0.3 is 0 Å². The van der Waals surface area contributed by atoms with Crippen LogP contribution < -0.4 is 11.1 Å².